The van der Waals surface area contributed by atoms with Crippen molar-refractivity contribution in [2.45, 2.75) is 43.4 Å². The Labute approximate surface area is 164 Å². The smallest absolute Gasteiger partial charge is 0.322 e. The fraction of sp³-hybridized carbons (Fsp3) is 0.600. The number of nitrogens with zero attached hydrogens (tertiary/aromatic N) is 2. The minimum absolute atomic E-state index is 0.0169. The van der Waals surface area contributed by atoms with Crippen LogP contribution in [0.3, 0.4) is 0 Å². The van der Waals surface area contributed by atoms with Crippen molar-refractivity contribution in [3.8, 4) is 11.5 Å². The first kappa shape index (κ1) is 18.9. The van der Waals surface area contributed by atoms with Gasteiger partial charge in [0.15, 0.2) is 11.5 Å². The molecule has 4 rings (SSSR count). The first-order chi connectivity index (χ1) is 13.5. The van der Waals surface area contributed by atoms with Crippen LogP contribution in [-0.2, 0) is 9.53 Å². The van der Waals surface area contributed by atoms with Crippen molar-refractivity contribution in [2.24, 2.45) is 0 Å². The summed E-state index contributed by atoms with van der Waals surface area (Å²) in [4.78, 5) is 28.6. The second-order valence-corrected chi connectivity index (χ2v) is 7.89. The molecule has 28 heavy (non-hydrogen) atoms. The maximum absolute atomic E-state index is 13.1. The number of piperidine rings is 1. The molecule has 2 atom stereocenters. The van der Waals surface area contributed by atoms with Crippen molar-refractivity contribution in [2.75, 3.05) is 39.7 Å². The maximum atomic E-state index is 13.1. The van der Waals surface area contributed by atoms with Gasteiger partial charge in [0.05, 0.1) is 25.5 Å². The van der Waals surface area contributed by atoms with E-state index in [0.717, 1.165) is 25.7 Å². The number of amides is 3. The molecule has 8 nitrogen and oxygen atoms in total. The second kappa shape index (κ2) is 7.16. The Morgan fingerprint density at radius 3 is 2.54 bits per heavy atom. The third kappa shape index (κ3) is 3.15. The van der Waals surface area contributed by atoms with Gasteiger partial charge in [0.25, 0.3) is 0 Å². The van der Waals surface area contributed by atoms with E-state index in [2.05, 4.69) is 5.32 Å². The average Bonchev–Trinajstić information content (AvgIpc) is 2.97. The summed E-state index contributed by atoms with van der Waals surface area (Å²) in [5.74, 6) is 1.10. The zero-order chi connectivity index (χ0) is 19.9. The van der Waals surface area contributed by atoms with Crippen molar-refractivity contribution in [3.63, 3.8) is 0 Å². The summed E-state index contributed by atoms with van der Waals surface area (Å²) in [5, 5.41) is 2.99. The molecular weight excluding hydrogens is 362 g/mol. The Bertz CT molecular complexity index is 769. The van der Waals surface area contributed by atoms with Gasteiger partial charge in [-0.2, -0.15) is 0 Å². The molecule has 3 heterocycles. The fourth-order valence-corrected chi connectivity index (χ4v) is 4.94. The van der Waals surface area contributed by atoms with Crippen molar-refractivity contribution in [1.82, 2.24) is 9.80 Å². The standard InChI is InChI=1S/C20H27N3O5/c1-22-12-20(28-11-17(22)24)9-13-7-8-14(10-20)23(13)19(25)21-15-5-4-6-16(26-2)18(15)27-3/h4-6,13-14H,7-12H2,1-3H3,(H,21,25). The predicted octanol–water partition coefficient (Wildman–Crippen LogP) is 2.09. The van der Waals surface area contributed by atoms with E-state index in [1.165, 1.54) is 0 Å². The summed E-state index contributed by atoms with van der Waals surface area (Å²) < 4.78 is 16.7. The number of rotatable bonds is 3. The molecule has 3 saturated heterocycles. The highest BCUT2D eigenvalue weighted by molar-refractivity contribution is 5.92. The van der Waals surface area contributed by atoms with Crippen molar-refractivity contribution < 1.29 is 23.8 Å². The number of ether oxygens (including phenoxy) is 3. The maximum Gasteiger partial charge on any atom is 0.322 e. The molecule has 3 aliphatic rings. The summed E-state index contributed by atoms with van der Waals surface area (Å²) in [6.45, 7) is 0.723. The van der Waals surface area contributed by atoms with Gasteiger partial charge in [0.1, 0.15) is 6.61 Å². The van der Waals surface area contributed by atoms with Gasteiger partial charge in [-0.05, 0) is 37.8 Å². The van der Waals surface area contributed by atoms with Crippen LogP contribution in [0.1, 0.15) is 25.7 Å². The first-order valence-corrected chi connectivity index (χ1v) is 9.64. The topological polar surface area (TPSA) is 80.3 Å². The van der Waals surface area contributed by atoms with Gasteiger partial charge in [-0.25, -0.2) is 4.79 Å². The molecule has 1 spiro atoms. The lowest BCUT2D eigenvalue weighted by atomic mass is 9.84. The molecular formula is C20H27N3O5. The Morgan fingerprint density at radius 2 is 1.93 bits per heavy atom. The Morgan fingerprint density at radius 1 is 1.21 bits per heavy atom. The predicted molar refractivity (Wildman–Crippen MR) is 103 cm³/mol. The van der Waals surface area contributed by atoms with E-state index in [1.54, 1.807) is 31.3 Å². The quantitative estimate of drug-likeness (QED) is 0.856. The number of fused-ring (bicyclic) bond motifs is 2. The van der Waals surface area contributed by atoms with Crippen LogP contribution in [0.5, 0.6) is 11.5 Å². The SMILES string of the molecule is COc1cccc(NC(=O)N2C3CCC2CC2(C3)CN(C)C(=O)CO2)c1OC. The van der Waals surface area contributed by atoms with Gasteiger partial charge in [-0.3, -0.25) is 4.79 Å². The van der Waals surface area contributed by atoms with E-state index >= 15 is 0 Å². The van der Waals surface area contributed by atoms with Crippen LogP contribution in [-0.4, -0.2) is 73.8 Å². The summed E-state index contributed by atoms with van der Waals surface area (Å²) in [6, 6.07) is 5.50. The van der Waals surface area contributed by atoms with Crippen molar-refractivity contribution in [1.29, 1.82) is 0 Å². The van der Waals surface area contributed by atoms with Gasteiger partial charge in [-0.15, -0.1) is 0 Å². The van der Waals surface area contributed by atoms with E-state index < -0.39 is 0 Å². The summed E-state index contributed by atoms with van der Waals surface area (Å²) in [6.07, 6.45) is 3.42. The molecule has 1 N–H and O–H groups in total. The molecule has 2 unspecified atom stereocenters. The third-order valence-corrected chi connectivity index (χ3v) is 6.17. The lowest BCUT2D eigenvalue weighted by Gasteiger charge is -2.49. The number of likely N-dealkylation sites (N-methyl/N-ethyl adjacent to an activating group) is 1. The molecule has 3 fully saturated rings. The Kier molecular flexibility index (Phi) is 4.82. The minimum Gasteiger partial charge on any atom is -0.493 e. The molecule has 2 bridgehead atoms. The fourth-order valence-electron chi connectivity index (χ4n) is 4.94. The van der Waals surface area contributed by atoms with E-state index in [9.17, 15) is 9.59 Å². The molecule has 0 aromatic heterocycles. The monoisotopic (exact) mass is 389 g/mol. The summed E-state index contributed by atoms with van der Waals surface area (Å²) in [7, 11) is 4.95. The number of urea groups is 1. The molecule has 1 aromatic rings. The lowest BCUT2D eigenvalue weighted by Crippen LogP contribution is -2.61. The number of hydrogen-bond acceptors (Lipinski definition) is 5. The number of benzene rings is 1. The number of para-hydroxylation sites is 1. The number of carbonyl (C=O) groups is 2. The van der Waals surface area contributed by atoms with Crippen LogP contribution in [0, 0.1) is 0 Å². The minimum atomic E-state index is -0.334. The van der Waals surface area contributed by atoms with Crippen molar-refractivity contribution >= 4 is 17.6 Å². The van der Waals surface area contributed by atoms with Gasteiger partial charge in [-0.1, -0.05) is 6.07 Å². The second-order valence-electron chi connectivity index (χ2n) is 7.89. The first-order valence-electron chi connectivity index (χ1n) is 9.64. The van der Waals surface area contributed by atoms with Crippen LogP contribution < -0.4 is 14.8 Å². The highest BCUT2D eigenvalue weighted by Crippen LogP contribution is 2.44. The molecule has 0 radical (unpaired) electrons. The van der Waals surface area contributed by atoms with Crippen LogP contribution >= 0.6 is 0 Å². The lowest BCUT2D eigenvalue weighted by molar-refractivity contribution is -0.171. The zero-order valence-electron chi connectivity index (χ0n) is 16.6. The Hall–Kier alpha value is -2.48. The molecule has 3 amide bonds. The normalized spacial score (nSPS) is 29.2. The molecule has 3 aliphatic heterocycles. The van der Waals surface area contributed by atoms with Crippen molar-refractivity contribution in [3.05, 3.63) is 18.2 Å². The average molecular weight is 389 g/mol. The molecule has 0 aliphatic carbocycles. The number of methoxy groups -OCH3 is 2. The molecule has 152 valence electrons. The van der Waals surface area contributed by atoms with E-state index in [1.807, 2.05) is 18.0 Å². The van der Waals surface area contributed by atoms with Crippen LogP contribution in [0.15, 0.2) is 18.2 Å². The van der Waals surface area contributed by atoms with E-state index in [0.29, 0.717) is 23.7 Å². The number of nitrogens with one attached hydrogen (secondary N) is 1. The van der Waals surface area contributed by atoms with E-state index in [4.69, 9.17) is 14.2 Å². The highest BCUT2D eigenvalue weighted by atomic mass is 16.5. The largest absolute Gasteiger partial charge is 0.493 e. The van der Waals surface area contributed by atoms with E-state index in [-0.39, 0.29) is 36.2 Å². The zero-order valence-corrected chi connectivity index (χ0v) is 16.6. The highest BCUT2D eigenvalue weighted by Gasteiger charge is 2.53. The molecule has 0 saturated carbocycles. The van der Waals surface area contributed by atoms with Gasteiger partial charge in [0, 0.05) is 25.7 Å². The number of hydrogen-bond donors (Lipinski definition) is 1. The number of morpholine rings is 1. The Balaban J connectivity index is 1.50. The van der Waals surface area contributed by atoms with Crippen LogP contribution in [0.2, 0.25) is 0 Å². The number of carbonyl (C=O) groups excluding carboxylic acids is 2. The van der Waals surface area contributed by atoms with Gasteiger partial charge < -0.3 is 29.3 Å². The number of anilines is 1. The summed E-state index contributed by atoms with van der Waals surface area (Å²) >= 11 is 0. The third-order valence-electron chi connectivity index (χ3n) is 6.17. The van der Waals surface area contributed by atoms with Crippen LogP contribution in [0.4, 0.5) is 10.5 Å². The van der Waals surface area contributed by atoms with Gasteiger partial charge in [0.2, 0.25) is 5.91 Å². The summed E-state index contributed by atoms with van der Waals surface area (Å²) in [5.41, 5.74) is 0.254. The molecule has 8 heteroatoms. The van der Waals surface area contributed by atoms with Crippen LogP contribution in [0.25, 0.3) is 0 Å². The van der Waals surface area contributed by atoms with Gasteiger partial charge >= 0.3 is 6.03 Å². The molecule has 1 aromatic carbocycles.